The maximum absolute atomic E-state index is 12.7. The summed E-state index contributed by atoms with van der Waals surface area (Å²) in [6.07, 6.45) is 8.50. The summed E-state index contributed by atoms with van der Waals surface area (Å²) in [5.41, 5.74) is 1.58. The van der Waals surface area contributed by atoms with E-state index in [0.29, 0.717) is 39.1 Å². The number of anilines is 1. The van der Waals surface area contributed by atoms with Crippen LogP contribution in [0.3, 0.4) is 0 Å². The number of ether oxygens (including phenoxy) is 1. The molecule has 11 heteroatoms. The molecule has 2 aliphatic heterocycles. The number of rotatable bonds is 7. The van der Waals surface area contributed by atoms with E-state index >= 15 is 0 Å². The van der Waals surface area contributed by atoms with Crippen molar-refractivity contribution in [1.29, 1.82) is 0 Å². The van der Waals surface area contributed by atoms with Crippen LogP contribution in [0.15, 0.2) is 24.8 Å². The second-order valence-corrected chi connectivity index (χ2v) is 9.79. The van der Waals surface area contributed by atoms with Crippen LogP contribution >= 0.6 is 0 Å². The molecule has 4 heterocycles. The van der Waals surface area contributed by atoms with Crippen molar-refractivity contribution in [3.05, 3.63) is 24.8 Å². The van der Waals surface area contributed by atoms with Crippen LogP contribution in [0.4, 0.5) is 10.6 Å². The molecule has 2 fully saturated rings. The van der Waals surface area contributed by atoms with Crippen molar-refractivity contribution >= 4 is 29.0 Å². The molecule has 0 aliphatic carbocycles. The van der Waals surface area contributed by atoms with Gasteiger partial charge in [0.1, 0.15) is 17.9 Å². The van der Waals surface area contributed by atoms with Crippen LogP contribution in [0.1, 0.15) is 39.2 Å². The van der Waals surface area contributed by atoms with E-state index in [1.807, 2.05) is 29.6 Å². The van der Waals surface area contributed by atoms with Gasteiger partial charge in [0, 0.05) is 50.8 Å². The summed E-state index contributed by atoms with van der Waals surface area (Å²) in [7, 11) is 3.91. The smallest absolute Gasteiger partial charge is 0.410 e. The summed E-state index contributed by atoms with van der Waals surface area (Å²) in [5, 5.41) is 3.49. The number of carbonyl (C=O) groups is 2. The molecule has 190 valence electrons. The molecule has 0 unspecified atom stereocenters. The fourth-order valence-electron chi connectivity index (χ4n) is 4.45. The first-order valence-corrected chi connectivity index (χ1v) is 12.3. The lowest BCUT2D eigenvalue weighted by molar-refractivity contribution is -0.125. The topological polar surface area (TPSA) is 109 Å². The minimum atomic E-state index is -0.300. The number of nitrogens with zero attached hydrogens (tertiary/aromatic N) is 7. The molecule has 2 aromatic rings. The van der Waals surface area contributed by atoms with Gasteiger partial charge in [-0.3, -0.25) is 4.79 Å². The van der Waals surface area contributed by atoms with Crippen molar-refractivity contribution in [2.24, 2.45) is 0 Å². The van der Waals surface area contributed by atoms with Gasteiger partial charge in [0.2, 0.25) is 5.91 Å². The predicted molar refractivity (Wildman–Crippen MR) is 133 cm³/mol. The van der Waals surface area contributed by atoms with E-state index in [2.05, 4.69) is 34.1 Å². The maximum atomic E-state index is 12.7. The summed E-state index contributed by atoms with van der Waals surface area (Å²) in [5.74, 6) is 0.695. The summed E-state index contributed by atoms with van der Waals surface area (Å²) in [6, 6.07) is 0.455. The minimum Gasteiger partial charge on any atom is -0.444 e. The molecule has 1 atom stereocenters. The van der Waals surface area contributed by atoms with E-state index < -0.39 is 0 Å². The van der Waals surface area contributed by atoms with E-state index in [1.165, 1.54) is 0 Å². The van der Waals surface area contributed by atoms with Crippen LogP contribution in [-0.2, 0) is 9.53 Å². The molecule has 0 aromatic carbocycles. The second kappa shape index (κ2) is 11.0. The number of piperidine rings is 1. The summed E-state index contributed by atoms with van der Waals surface area (Å²) >= 11 is 0. The van der Waals surface area contributed by atoms with Gasteiger partial charge in [-0.05, 0) is 40.8 Å². The molecular formula is C24H36N8O3. The van der Waals surface area contributed by atoms with Gasteiger partial charge in [-0.25, -0.2) is 19.7 Å². The Hall–Kier alpha value is -3.21. The molecule has 0 bridgehead atoms. The number of nitrogens with one attached hydrogen (secondary N) is 1. The van der Waals surface area contributed by atoms with Gasteiger partial charge in [-0.2, -0.15) is 0 Å². The Morgan fingerprint density at radius 3 is 2.60 bits per heavy atom. The minimum absolute atomic E-state index is 0.0330. The van der Waals surface area contributed by atoms with Gasteiger partial charge in [-0.15, -0.1) is 0 Å². The zero-order valence-electron chi connectivity index (χ0n) is 21.1. The van der Waals surface area contributed by atoms with Crippen molar-refractivity contribution < 1.29 is 14.3 Å². The van der Waals surface area contributed by atoms with Crippen LogP contribution in [0.5, 0.6) is 0 Å². The number of hydrogen-bond acceptors (Lipinski definition) is 8. The van der Waals surface area contributed by atoms with Gasteiger partial charge >= 0.3 is 6.09 Å². The van der Waals surface area contributed by atoms with Crippen molar-refractivity contribution in [3.8, 4) is 0 Å². The second-order valence-electron chi connectivity index (χ2n) is 9.79. The van der Waals surface area contributed by atoms with Crippen molar-refractivity contribution in [2.75, 3.05) is 52.1 Å². The normalized spacial score (nSPS) is 19.4. The Labute approximate surface area is 206 Å². The van der Waals surface area contributed by atoms with Crippen molar-refractivity contribution in [2.45, 2.75) is 51.3 Å². The number of carbonyl (C=O) groups excluding carboxylic acids is 2. The van der Waals surface area contributed by atoms with E-state index in [9.17, 15) is 9.59 Å². The highest BCUT2D eigenvalue weighted by atomic mass is 16.6. The third-order valence-electron chi connectivity index (χ3n) is 6.46. The number of fused-ring (bicyclic) bond motifs is 1. The molecule has 35 heavy (non-hydrogen) atoms. The van der Waals surface area contributed by atoms with E-state index in [4.69, 9.17) is 4.74 Å². The summed E-state index contributed by atoms with van der Waals surface area (Å²) in [4.78, 5) is 43.8. The van der Waals surface area contributed by atoms with Crippen LogP contribution in [-0.4, -0.2) is 105 Å². The van der Waals surface area contributed by atoms with Crippen molar-refractivity contribution in [1.82, 2.24) is 34.2 Å². The molecule has 1 N–H and O–H groups in total. The molecule has 11 nitrogen and oxygen atoms in total. The van der Waals surface area contributed by atoms with Gasteiger partial charge in [0.05, 0.1) is 12.9 Å². The fourth-order valence-corrected chi connectivity index (χ4v) is 4.45. The zero-order valence-corrected chi connectivity index (χ0v) is 21.1. The molecule has 0 radical (unpaired) electrons. The number of likely N-dealkylation sites (N-methyl/N-ethyl adjacent to an activating group) is 1. The standard InChI is InChI=1S/C24H36N8O3/c1-17(2)32-16-27-21-22(25-15-26-23(21)32)28-18-7-11-30(12-8-18)24(34)35-19-9-13-31(14-19)20(33)6-5-10-29(3)4/h5-6,15-19H,7-14H2,1-4H3,(H,25,26,28)/b6-5+/t19-/m1/s1. The Balaban J connectivity index is 1.24. The Kier molecular flexibility index (Phi) is 7.84. The van der Waals surface area contributed by atoms with Crippen LogP contribution in [0.2, 0.25) is 0 Å². The lowest BCUT2D eigenvalue weighted by Gasteiger charge is -2.32. The van der Waals surface area contributed by atoms with Gasteiger partial charge in [0.15, 0.2) is 11.5 Å². The first-order chi connectivity index (χ1) is 16.8. The predicted octanol–water partition coefficient (Wildman–Crippen LogP) is 2.14. The first kappa shape index (κ1) is 24.9. The number of hydrogen-bond donors (Lipinski definition) is 1. The third-order valence-corrected chi connectivity index (χ3v) is 6.46. The summed E-state index contributed by atoms with van der Waals surface area (Å²) in [6.45, 7) is 7.16. The van der Waals surface area contributed by atoms with Gasteiger partial charge in [-0.1, -0.05) is 6.08 Å². The largest absolute Gasteiger partial charge is 0.444 e. The third kappa shape index (κ3) is 6.08. The highest BCUT2D eigenvalue weighted by molar-refractivity contribution is 5.88. The molecule has 2 amide bonds. The molecular weight excluding hydrogens is 448 g/mol. The van der Waals surface area contributed by atoms with Crippen LogP contribution in [0.25, 0.3) is 11.2 Å². The molecule has 0 saturated carbocycles. The summed E-state index contributed by atoms with van der Waals surface area (Å²) < 4.78 is 7.74. The number of likely N-dealkylation sites (tertiary alicyclic amines) is 2. The highest BCUT2D eigenvalue weighted by Crippen LogP contribution is 2.24. The molecule has 2 aliphatic rings. The highest BCUT2D eigenvalue weighted by Gasteiger charge is 2.31. The molecule has 2 saturated heterocycles. The lowest BCUT2D eigenvalue weighted by Crippen LogP contribution is -2.44. The van der Waals surface area contributed by atoms with Crippen LogP contribution < -0.4 is 5.32 Å². The van der Waals surface area contributed by atoms with Gasteiger partial charge in [0.25, 0.3) is 0 Å². The number of aromatic nitrogens is 4. The van der Waals surface area contributed by atoms with E-state index in [-0.39, 0.29) is 30.2 Å². The van der Waals surface area contributed by atoms with Gasteiger partial charge < -0.3 is 29.3 Å². The molecule has 0 spiro atoms. The van der Waals surface area contributed by atoms with Crippen LogP contribution in [0, 0.1) is 0 Å². The first-order valence-electron chi connectivity index (χ1n) is 12.3. The average molecular weight is 485 g/mol. The lowest BCUT2D eigenvalue weighted by atomic mass is 10.1. The van der Waals surface area contributed by atoms with Crippen molar-refractivity contribution in [3.63, 3.8) is 0 Å². The SMILES string of the molecule is CC(C)n1cnc2c(NC3CCN(C(=O)O[C@@H]4CCN(C(=O)/C=C/CN(C)C)C4)CC3)ncnc21. The fraction of sp³-hybridized carbons (Fsp3) is 0.625. The quantitative estimate of drug-likeness (QED) is 0.596. The Bertz CT molecular complexity index is 1060. The van der Waals surface area contributed by atoms with E-state index in [1.54, 1.807) is 28.5 Å². The number of imidazole rings is 1. The monoisotopic (exact) mass is 484 g/mol. The molecule has 2 aromatic heterocycles. The Morgan fingerprint density at radius 1 is 1.14 bits per heavy atom. The zero-order chi connectivity index (χ0) is 24.9. The van der Waals surface area contributed by atoms with E-state index in [0.717, 1.165) is 29.8 Å². The number of amides is 2. The Morgan fingerprint density at radius 2 is 1.89 bits per heavy atom. The maximum Gasteiger partial charge on any atom is 0.410 e. The molecule has 4 rings (SSSR count). The average Bonchev–Trinajstić information content (AvgIpc) is 3.47.